The molecule has 0 bridgehead atoms. The number of anilines is 1. The van der Waals surface area contributed by atoms with Gasteiger partial charge in [0.25, 0.3) is 0 Å². The molecule has 1 unspecified atom stereocenters. The number of rotatable bonds is 8. The Hall–Kier alpha value is -1.11. The molecule has 0 saturated carbocycles. The Morgan fingerprint density at radius 2 is 1.90 bits per heavy atom. The molecule has 20 heavy (non-hydrogen) atoms. The van der Waals surface area contributed by atoms with Gasteiger partial charge >= 0.3 is 0 Å². The van der Waals surface area contributed by atoms with Gasteiger partial charge in [0.1, 0.15) is 4.90 Å². The van der Waals surface area contributed by atoms with Crippen molar-refractivity contribution in [3.8, 4) is 0 Å². The molecule has 1 rings (SSSR count). The highest BCUT2D eigenvalue weighted by atomic mass is 32.2. The molecule has 0 aliphatic rings. The summed E-state index contributed by atoms with van der Waals surface area (Å²) in [5.41, 5.74) is 6.05. The molecule has 1 aromatic carbocycles. The Morgan fingerprint density at radius 3 is 2.45 bits per heavy atom. The lowest BCUT2D eigenvalue weighted by molar-refractivity contribution is 0.462. The first-order valence-corrected chi connectivity index (χ1v) is 8.44. The van der Waals surface area contributed by atoms with Crippen LogP contribution in [0.2, 0.25) is 0 Å². The second kappa shape index (κ2) is 7.06. The third-order valence-corrected chi connectivity index (χ3v) is 5.03. The maximum atomic E-state index is 12.2. The van der Waals surface area contributed by atoms with Crippen molar-refractivity contribution < 1.29 is 8.42 Å². The SMILES string of the molecule is CCNS(=O)(=O)c1ccccc1NC(C)(CC)CCN. The molecule has 0 aliphatic carbocycles. The fourth-order valence-electron chi connectivity index (χ4n) is 2.04. The van der Waals surface area contributed by atoms with Crippen molar-refractivity contribution in [2.45, 2.75) is 44.0 Å². The van der Waals surface area contributed by atoms with Crippen LogP contribution in [-0.4, -0.2) is 27.0 Å². The quantitative estimate of drug-likeness (QED) is 0.684. The first-order chi connectivity index (χ1) is 9.38. The van der Waals surface area contributed by atoms with E-state index in [2.05, 4.69) is 23.9 Å². The summed E-state index contributed by atoms with van der Waals surface area (Å²) in [6.07, 6.45) is 1.64. The van der Waals surface area contributed by atoms with Gasteiger partial charge in [-0.25, -0.2) is 13.1 Å². The van der Waals surface area contributed by atoms with Crippen molar-refractivity contribution in [3.05, 3.63) is 24.3 Å². The zero-order valence-electron chi connectivity index (χ0n) is 12.4. The summed E-state index contributed by atoms with van der Waals surface area (Å²) < 4.78 is 26.9. The number of benzene rings is 1. The maximum absolute atomic E-state index is 12.2. The van der Waals surface area contributed by atoms with Crippen LogP contribution in [-0.2, 0) is 10.0 Å². The van der Waals surface area contributed by atoms with Crippen LogP contribution in [0, 0.1) is 0 Å². The fraction of sp³-hybridized carbons (Fsp3) is 0.571. The van der Waals surface area contributed by atoms with Crippen LogP contribution >= 0.6 is 0 Å². The van der Waals surface area contributed by atoms with Crippen molar-refractivity contribution in [1.29, 1.82) is 0 Å². The van der Waals surface area contributed by atoms with Crippen LogP contribution in [0.1, 0.15) is 33.6 Å². The van der Waals surface area contributed by atoms with E-state index in [1.54, 1.807) is 25.1 Å². The fourth-order valence-corrected chi connectivity index (χ4v) is 3.25. The number of para-hydroxylation sites is 1. The van der Waals surface area contributed by atoms with Crippen LogP contribution in [0.3, 0.4) is 0 Å². The molecule has 0 spiro atoms. The second-order valence-electron chi connectivity index (χ2n) is 5.08. The summed E-state index contributed by atoms with van der Waals surface area (Å²) in [5.74, 6) is 0. The molecular formula is C14H25N3O2S. The van der Waals surface area contributed by atoms with Gasteiger partial charge in [-0.1, -0.05) is 26.0 Å². The van der Waals surface area contributed by atoms with E-state index in [4.69, 9.17) is 5.73 Å². The topological polar surface area (TPSA) is 84.2 Å². The average Bonchev–Trinajstić information content (AvgIpc) is 2.39. The normalized spacial score (nSPS) is 14.8. The van der Waals surface area contributed by atoms with Crippen LogP contribution in [0.25, 0.3) is 0 Å². The Kier molecular flexibility index (Phi) is 5.98. The molecule has 6 heteroatoms. The highest BCUT2D eigenvalue weighted by Gasteiger charge is 2.24. The monoisotopic (exact) mass is 299 g/mol. The van der Waals surface area contributed by atoms with Gasteiger partial charge < -0.3 is 11.1 Å². The van der Waals surface area contributed by atoms with Crippen LogP contribution < -0.4 is 15.8 Å². The van der Waals surface area contributed by atoms with Gasteiger partial charge in [-0.15, -0.1) is 0 Å². The first-order valence-electron chi connectivity index (χ1n) is 6.95. The molecule has 1 aromatic rings. The van der Waals surface area contributed by atoms with E-state index < -0.39 is 10.0 Å². The molecule has 0 aromatic heterocycles. The van der Waals surface area contributed by atoms with Crippen molar-refractivity contribution in [1.82, 2.24) is 4.72 Å². The predicted molar refractivity (Wildman–Crippen MR) is 83.3 cm³/mol. The van der Waals surface area contributed by atoms with Gasteiger partial charge in [0, 0.05) is 12.1 Å². The lowest BCUT2D eigenvalue weighted by Gasteiger charge is -2.31. The average molecular weight is 299 g/mol. The Balaban J connectivity index is 3.14. The summed E-state index contributed by atoms with van der Waals surface area (Å²) in [5, 5.41) is 3.34. The van der Waals surface area contributed by atoms with E-state index in [9.17, 15) is 8.42 Å². The predicted octanol–water partition coefficient (Wildman–Crippen LogP) is 1.91. The van der Waals surface area contributed by atoms with Gasteiger partial charge in [-0.2, -0.15) is 0 Å². The lowest BCUT2D eigenvalue weighted by Crippen LogP contribution is -2.37. The molecule has 0 heterocycles. The minimum Gasteiger partial charge on any atom is -0.379 e. The van der Waals surface area contributed by atoms with E-state index in [0.717, 1.165) is 12.8 Å². The molecule has 0 radical (unpaired) electrons. The third-order valence-electron chi connectivity index (χ3n) is 3.42. The summed E-state index contributed by atoms with van der Waals surface area (Å²) in [6, 6.07) is 6.95. The molecule has 0 fully saturated rings. The lowest BCUT2D eigenvalue weighted by atomic mass is 9.94. The summed E-state index contributed by atoms with van der Waals surface area (Å²) in [4.78, 5) is 0.276. The highest BCUT2D eigenvalue weighted by Crippen LogP contribution is 2.27. The molecule has 5 nitrogen and oxygen atoms in total. The molecular weight excluding hydrogens is 274 g/mol. The zero-order valence-corrected chi connectivity index (χ0v) is 13.3. The van der Waals surface area contributed by atoms with E-state index in [-0.39, 0.29) is 10.4 Å². The van der Waals surface area contributed by atoms with Crippen molar-refractivity contribution >= 4 is 15.7 Å². The van der Waals surface area contributed by atoms with Gasteiger partial charge in [-0.05, 0) is 38.4 Å². The molecule has 1 atom stereocenters. The Bertz CT molecular complexity index is 531. The molecule has 4 N–H and O–H groups in total. The van der Waals surface area contributed by atoms with E-state index in [1.165, 1.54) is 0 Å². The number of sulfonamides is 1. The number of hydrogen-bond donors (Lipinski definition) is 3. The largest absolute Gasteiger partial charge is 0.379 e. The van der Waals surface area contributed by atoms with Crippen LogP contribution in [0.15, 0.2) is 29.2 Å². The van der Waals surface area contributed by atoms with Crippen molar-refractivity contribution in [2.75, 3.05) is 18.4 Å². The Labute approximate surface area is 122 Å². The summed E-state index contributed by atoms with van der Waals surface area (Å²) in [7, 11) is -3.48. The van der Waals surface area contributed by atoms with Gasteiger partial charge in [-0.3, -0.25) is 0 Å². The smallest absolute Gasteiger partial charge is 0.242 e. The van der Waals surface area contributed by atoms with E-state index >= 15 is 0 Å². The van der Waals surface area contributed by atoms with E-state index in [1.807, 2.05) is 6.07 Å². The van der Waals surface area contributed by atoms with Crippen molar-refractivity contribution in [3.63, 3.8) is 0 Å². The second-order valence-corrected chi connectivity index (χ2v) is 6.81. The van der Waals surface area contributed by atoms with E-state index in [0.29, 0.717) is 18.8 Å². The standard InChI is InChI=1S/C14H25N3O2S/c1-4-14(3,10-11-15)17-12-8-6-7-9-13(12)20(18,19)16-5-2/h6-9,16-17H,4-5,10-11,15H2,1-3H3. The summed E-state index contributed by atoms with van der Waals surface area (Å²) in [6.45, 7) is 6.79. The number of nitrogens with one attached hydrogen (secondary N) is 2. The molecule has 0 aliphatic heterocycles. The number of nitrogens with two attached hydrogens (primary N) is 1. The van der Waals surface area contributed by atoms with Crippen LogP contribution in [0.4, 0.5) is 5.69 Å². The van der Waals surface area contributed by atoms with Gasteiger partial charge in [0.05, 0.1) is 5.69 Å². The summed E-state index contributed by atoms with van der Waals surface area (Å²) >= 11 is 0. The first kappa shape index (κ1) is 16.9. The zero-order chi connectivity index (χ0) is 15.2. The van der Waals surface area contributed by atoms with Crippen LogP contribution in [0.5, 0.6) is 0 Å². The Morgan fingerprint density at radius 1 is 1.25 bits per heavy atom. The van der Waals surface area contributed by atoms with Gasteiger partial charge in [0.15, 0.2) is 0 Å². The maximum Gasteiger partial charge on any atom is 0.242 e. The third kappa shape index (κ3) is 4.19. The molecule has 114 valence electrons. The van der Waals surface area contributed by atoms with Crippen molar-refractivity contribution in [2.24, 2.45) is 5.73 Å². The highest BCUT2D eigenvalue weighted by molar-refractivity contribution is 7.89. The van der Waals surface area contributed by atoms with Gasteiger partial charge in [0.2, 0.25) is 10.0 Å². The minimum atomic E-state index is -3.48. The molecule has 0 saturated heterocycles. The number of hydrogen-bond acceptors (Lipinski definition) is 4. The molecule has 0 amide bonds. The minimum absolute atomic E-state index is 0.216.